The molecular weight excluding hydrogens is 386 g/mol. The van der Waals surface area contributed by atoms with Gasteiger partial charge in [0, 0.05) is 25.0 Å². The number of nitrogens with zero attached hydrogens (tertiary/aromatic N) is 1. The van der Waals surface area contributed by atoms with Gasteiger partial charge in [-0.1, -0.05) is 57.5 Å². The highest BCUT2D eigenvalue weighted by atomic mass is 35.5. The van der Waals surface area contributed by atoms with Gasteiger partial charge in [0.05, 0.1) is 0 Å². The standard InChI is InChI=1S/C23H37N3O2.ClH/c1-5-16(2)21(25-22(27)17(3)18(4)24)23(28)26-13-11-20(12-14-26)15-19-9-7-6-8-10-19;/h6-10,16-18,20-21H,5,11-15,24H2,1-4H3,(H,25,27);1H. The van der Waals surface area contributed by atoms with Crippen molar-refractivity contribution in [2.45, 2.75) is 65.5 Å². The number of piperidine rings is 1. The molecule has 0 radical (unpaired) electrons. The van der Waals surface area contributed by atoms with Crippen LogP contribution in [0.4, 0.5) is 0 Å². The molecule has 1 fully saturated rings. The highest BCUT2D eigenvalue weighted by Crippen LogP contribution is 2.23. The van der Waals surface area contributed by atoms with Gasteiger partial charge in [-0.25, -0.2) is 0 Å². The van der Waals surface area contributed by atoms with E-state index >= 15 is 0 Å². The minimum Gasteiger partial charge on any atom is -0.344 e. The van der Waals surface area contributed by atoms with Crippen molar-refractivity contribution in [2.75, 3.05) is 13.1 Å². The molecule has 0 saturated carbocycles. The molecule has 164 valence electrons. The molecule has 0 spiro atoms. The quantitative estimate of drug-likeness (QED) is 0.672. The van der Waals surface area contributed by atoms with Gasteiger partial charge in [-0.3, -0.25) is 9.59 Å². The highest BCUT2D eigenvalue weighted by Gasteiger charge is 2.33. The number of halogens is 1. The van der Waals surface area contributed by atoms with Crippen molar-refractivity contribution in [3.63, 3.8) is 0 Å². The second kappa shape index (κ2) is 12.2. The summed E-state index contributed by atoms with van der Waals surface area (Å²) in [5.74, 6) is 0.321. The molecule has 1 aromatic rings. The Morgan fingerprint density at radius 3 is 2.24 bits per heavy atom. The van der Waals surface area contributed by atoms with E-state index in [1.54, 1.807) is 0 Å². The molecule has 1 aliphatic heterocycles. The van der Waals surface area contributed by atoms with E-state index in [4.69, 9.17) is 5.73 Å². The van der Waals surface area contributed by atoms with E-state index in [2.05, 4.69) is 36.5 Å². The summed E-state index contributed by atoms with van der Waals surface area (Å²) >= 11 is 0. The van der Waals surface area contributed by atoms with Crippen LogP contribution in [0.2, 0.25) is 0 Å². The lowest BCUT2D eigenvalue weighted by Gasteiger charge is -2.36. The summed E-state index contributed by atoms with van der Waals surface area (Å²) in [7, 11) is 0. The fourth-order valence-corrected chi connectivity index (χ4v) is 3.71. The van der Waals surface area contributed by atoms with Crippen LogP contribution in [0.15, 0.2) is 30.3 Å². The fourth-order valence-electron chi connectivity index (χ4n) is 3.71. The highest BCUT2D eigenvalue weighted by molar-refractivity contribution is 5.89. The minimum absolute atomic E-state index is 0. The summed E-state index contributed by atoms with van der Waals surface area (Å²) in [6.45, 7) is 9.25. The van der Waals surface area contributed by atoms with Crippen LogP contribution in [0.3, 0.4) is 0 Å². The molecule has 6 heteroatoms. The van der Waals surface area contributed by atoms with E-state index in [0.29, 0.717) is 5.92 Å². The maximum atomic E-state index is 13.2. The molecule has 0 aromatic heterocycles. The number of amides is 2. The number of carbonyl (C=O) groups is 2. The van der Waals surface area contributed by atoms with Gasteiger partial charge in [0.2, 0.25) is 11.8 Å². The number of benzene rings is 1. The zero-order valence-corrected chi connectivity index (χ0v) is 19.1. The Bertz CT molecular complexity index is 630. The molecule has 1 heterocycles. The summed E-state index contributed by atoms with van der Waals surface area (Å²) in [4.78, 5) is 27.6. The zero-order valence-electron chi connectivity index (χ0n) is 18.3. The van der Waals surface area contributed by atoms with E-state index in [0.717, 1.165) is 38.8 Å². The van der Waals surface area contributed by atoms with E-state index in [1.807, 2.05) is 31.7 Å². The summed E-state index contributed by atoms with van der Waals surface area (Å²) in [6.07, 6.45) is 3.93. The molecule has 2 rings (SSSR count). The second-order valence-electron chi connectivity index (χ2n) is 8.48. The third-order valence-corrected chi connectivity index (χ3v) is 6.27. The van der Waals surface area contributed by atoms with E-state index in [1.165, 1.54) is 5.56 Å². The Morgan fingerprint density at radius 2 is 1.72 bits per heavy atom. The summed E-state index contributed by atoms with van der Waals surface area (Å²) in [6, 6.07) is 9.84. The average molecular weight is 424 g/mol. The van der Waals surface area contributed by atoms with Crippen LogP contribution in [0.1, 0.15) is 52.5 Å². The number of rotatable bonds is 8. The SMILES string of the molecule is CCC(C)C(NC(=O)C(C)C(C)N)C(=O)N1CCC(Cc2ccccc2)CC1.Cl. The molecule has 5 nitrogen and oxygen atoms in total. The number of nitrogens with one attached hydrogen (secondary N) is 1. The van der Waals surface area contributed by atoms with Crippen molar-refractivity contribution < 1.29 is 9.59 Å². The molecule has 4 unspecified atom stereocenters. The van der Waals surface area contributed by atoms with Gasteiger partial charge in [-0.2, -0.15) is 0 Å². The van der Waals surface area contributed by atoms with Gasteiger partial charge in [-0.05, 0) is 43.6 Å². The van der Waals surface area contributed by atoms with Gasteiger partial charge >= 0.3 is 0 Å². The minimum atomic E-state index is -0.468. The van der Waals surface area contributed by atoms with Crippen LogP contribution >= 0.6 is 12.4 Å². The van der Waals surface area contributed by atoms with Crippen LogP contribution in [0.5, 0.6) is 0 Å². The Morgan fingerprint density at radius 1 is 1.14 bits per heavy atom. The maximum absolute atomic E-state index is 13.2. The average Bonchev–Trinajstić information content (AvgIpc) is 2.71. The predicted molar refractivity (Wildman–Crippen MR) is 121 cm³/mol. The number of carbonyl (C=O) groups excluding carboxylic acids is 2. The lowest BCUT2D eigenvalue weighted by Crippen LogP contribution is -2.55. The summed E-state index contributed by atoms with van der Waals surface area (Å²) in [5, 5.41) is 2.99. The molecule has 1 saturated heterocycles. The van der Waals surface area contributed by atoms with Crippen molar-refractivity contribution >= 4 is 24.2 Å². The van der Waals surface area contributed by atoms with Gasteiger partial charge in [0.25, 0.3) is 0 Å². The van der Waals surface area contributed by atoms with Gasteiger partial charge < -0.3 is 16.0 Å². The zero-order chi connectivity index (χ0) is 20.7. The Labute approximate surface area is 182 Å². The monoisotopic (exact) mass is 423 g/mol. The largest absolute Gasteiger partial charge is 0.344 e. The first kappa shape index (κ1) is 25.4. The van der Waals surface area contributed by atoms with Crippen molar-refractivity contribution in [1.82, 2.24) is 10.2 Å². The molecule has 0 bridgehead atoms. The number of nitrogens with two attached hydrogens (primary N) is 1. The summed E-state index contributed by atoms with van der Waals surface area (Å²) in [5.41, 5.74) is 7.23. The van der Waals surface area contributed by atoms with Crippen LogP contribution in [0, 0.1) is 17.8 Å². The Kier molecular flexibility index (Phi) is 10.7. The molecule has 2 amide bonds. The van der Waals surface area contributed by atoms with Gasteiger partial charge in [0.1, 0.15) is 6.04 Å². The molecule has 4 atom stereocenters. The lowest BCUT2D eigenvalue weighted by atomic mass is 9.89. The third kappa shape index (κ3) is 7.31. The van der Waals surface area contributed by atoms with E-state index < -0.39 is 6.04 Å². The van der Waals surface area contributed by atoms with Crippen molar-refractivity contribution in [3.8, 4) is 0 Å². The van der Waals surface area contributed by atoms with Crippen molar-refractivity contribution in [1.29, 1.82) is 0 Å². The molecule has 1 aromatic carbocycles. The molecule has 29 heavy (non-hydrogen) atoms. The smallest absolute Gasteiger partial charge is 0.245 e. The van der Waals surface area contributed by atoms with Gasteiger partial charge in [0.15, 0.2) is 0 Å². The first-order valence-corrected chi connectivity index (χ1v) is 10.7. The van der Waals surface area contributed by atoms with Crippen LogP contribution in [-0.2, 0) is 16.0 Å². The molecule has 0 aliphatic carbocycles. The van der Waals surface area contributed by atoms with E-state index in [-0.39, 0.29) is 42.1 Å². The number of hydrogen-bond donors (Lipinski definition) is 2. The first-order valence-electron chi connectivity index (χ1n) is 10.7. The maximum Gasteiger partial charge on any atom is 0.245 e. The van der Waals surface area contributed by atoms with Crippen molar-refractivity contribution in [3.05, 3.63) is 35.9 Å². The van der Waals surface area contributed by atoms with Gasteiger partial charge in [-0.15, -0.1) is 12.4 Å². The van der Waals surface area contributed by atoms with Crippen LogP contribution < -0.4 is 11.1 Å². The van der Waals surface area contributed by atoms with E-state index in [9.17, 15) is 9.59 Å². The van der Waals surface area contributed by atoms with Crippen LogP contribution in [-0.4, -0.2) is 41.9 Å². The predicted octanol–water partition coefficient (Wildman–Crippen LogP) is 3.40. The normalized spacial score (nSPS) is 18.9. The Balaban J connectivity index is 0.00000420. The van der Waals surface area contributed by atoms with Crippen LogP contribution in [0.25, 0.3) is 0 Å². The lowest BCUT2D eigenvalue weighted by molar-refractivity contribution is -0.140. The first-order chi connectivity index (χ1) is 13.3. The molecular formula is C23H38ClN3O2. The molecule has 3 N–H and O–H groups in total. The molecule has 1 aliphatic rings. The number of hydrogen-bond acceptors (Lipinski definition) is 3. The second-order valence-corrected chi connectivity index (χ2v) is 8.48. The third-order valence-electron chi connectivity index (χ3n) is 6.27. The Hall–Kier alpha value is -1.59. The fraction of sp³-hybridized carbons (Fsp3) is 0.652. The topological polar surface area (TPSA) is 75.4 Å². The van der Waals surface area contributed by atoms with Crippen molar-refractivity contribution in [2.24, 2.45) is 23.5 Å². The summed E-state index contributed by atoms with van der Waals surface area (Å²) < 4.78 is 0. The number of likely N-dealkylation sites (tertiary alicyclic amines) is 1.